The van der Waals surface area contributed by atoms with Crippen molar-refractivity contribution in [1.29, 1.82) is 0 Å². The Labute approximate surface area is 125 Å². The fourth-order valence-corrected chi connectivity index (χ4v) is 3.11. The van der Waals surface area contributed by atoms with E-state index in [4.69, 9.17) is 4.74 Å². The minimum Gasteiger partial charge on any atom is -0.386 e. The molecule has 2 N–H and O–H groups in total. The van der Waals surface area contributed by atoms with Crippen molar-refractivity contribution < 1.29 is 9.84 Å². The van der Waals surface area contributed by atoms with Crippen LogP contribution in [0.4, 0.5) is 0 Å². The number of fused-ring (bicyclic) bond motifs is 1. The van der Waals surface area contributed by atoms with Crippen LogP contribution in [0, 0.1) is 0 Å². The van der Waals surface area contributed by atoms with Gasteiger partial charge in [-0.1, -0.05) is 48.5 Å². The molecule has 0 radical (unpaired) electrons. The van der Waals surface area contributed by atoms with Gasteiger partial charge in [0.15, 0.2) is 0 Å². The van der Waals surface area contributed by atoms with Crippen LogP contribution in [0.15, 0.2) is 48.5 Å². The molecule has 0 saturated heterocycles. The average Bonchev–Trinajstić information content (AvgIpc) is 2.54. The van der Waals surface area contributed by atoms with Crippen LogP contribution < -0.4 is 5.32 Å². The molecule has 0 spiro atoms. The summed E-state index contributed by atoms with van der Waals surface area (Å²) >= 11 is 0. The molecular weight excluding hydrogens is 262 g/mol. The first-order valence-corrected chi connectivity index (χ1v) is 7.37. The second-order valence-electron chi connectivity index (χ2n) is 5.46. The van der Waals surface area contributed by atoms with E-state index in [9.17, 15) is 5.11 Å². The van der Waals surface area contributed by atoms with Crippen molar-refractivity contribution in [3.63, 3.8) is 0 Å². The van der Waals surface area contributed by atoms with E-state index in [2.05, 4.69) is 23.5 Å². The van der Waals surface area contributed by atoms with Crippen molar-refractivity contribution in [3.05, 3.63) is 70.8 Å². The van der Waals surface area contributed by atoms with Gasteiger partial charge < -0.3 is 15.2 Å². The van der Waals surface area contributed by atoms with E-state index in [0.717, 1.165) is 24.1 Å². The Morgan fingerprint density at radius 3 is 2.81 bits per heavy atom. The molecule has 2 aromatic carbocycles. The molecule has 1 aliphatic heterocycles. The molecule has 21 heavy (non-hydrogen) atoms. The summed E-state index contributed by atoms with van der Waals surface area (Å²) in [6, 6.07) is 16.2. The Bertz CT molecular complexity index is 612. The summed E-state index contributed by atoms with van der Waals surface area (Å²) in [5.41, 5.74) is 4.50. The number of aliphatic hydroxyl groups is 1. The van der Waals surface area contributed by atoms with Gasteiger partial charge in [-0.2, -0.15) is 0 Å². The largest absolute Gasteiger partial charge is 0.386 e. The standard InChI is InChI=1S/C18H21NO2/c1-21-12-14-7-3-5-9-16(14)18(20)17-15-8-4-2-6-13(15)10-11-19-17/h2-9,17-20H,10-12H2,1H3. The predicted molar refractivity (Wildman–Crippen MR) is 83.0 cm³/mol. The van der Waals surface area contributed by atoms with Gasteiger partial charge in [0.05, 0.1) is 18.8 Å². The fourth-order valence-electron chi connectivity index (χ4n) is 3.11. The van der Waals surface area contributed by atoms with Gasteiger partial charge in [0.2, 0.25) is 0 Å². The molecule has 0 aliphatic carbocycles. The Morgan fingerprint density at radius 1 is 1.19 bits per heavy atom. The van der Waals surface area contributed by atoms with Crippen molar-refractivity contribution in [2.24, 2.45) is 0 Å². The van der Waals surface area contributed by atoms with Crippen LogP contribution in [0.1, 0.15) is 34.4 Å². The first-order valence-electron chi connectivity index (χ1n) is 7.37. The number of methoxy groups -OCH3 is 1. The topological polar surface area (TPSA) is 41.5 Å². The van der Waals surface area contributed by atoms with Crippen LogP contribution in [0.5, 0.6) is 0 Å². The number of benzene rings is 2. The van der Waals surface area contributed by atoms with Crippen LogP contribution >= 0.6 is 0 Å². The third-order valence-corrected chi connectivity index (χ3v) is 4.14. The molecule has 0 bridgehead atoms. The minimum atomic E-state index is -0.571. The maximum Gasteiger partial charge on any atom is 0.0988 e. The van der Waals surface area contributed by atoms with E-state index in [1.54, 1.807) is 7.11 Å². The molecule has 0 aromatic heterocycles. The van der Waals surface area contributed by atoms with Crippen molar-refractivity contribution >= 4 is 0 Å². The zero-order chi connectivity index (χ0) is 14.7. The Kier molecular flexibility index (Phi) is 4.34. The first kappa shape index (κ1) is 14.3. The third kappa shape index (κ3) is 2.86. The lowest BCUT2D eigenvalue weighted by molar-refractivity contribution is 0.120. The Morgan fingerprint density at radius 2 is 1.95 bits per heavy atom. The number of hydrogen-bond donors (Lipinski definition) is 2. The fraction of sp³-hybridized carbons (Fsp3) is 0.333. The Hall–Kier alpha value is -1.68. The van der Waals surface area contributed by atoms with Crippen molar-refractivity contribution in [2.75, 3.05) is 13.7 Å². The lowest BCUT2D eigenvalue weighted by atomic mass is 9.87. The molecule has 3 rings (SSSR count). The second kappa shape index (κ2) is 6.39. The van der Waals surface area contributed by atoms with Crippen molar-refractivity contribution in [2.45, 2.75) is 25.2 Å². The number of aliphatic hydroxyl groups excluding tert-OH is 1. The molecule has 1 heterocycles. The van der Waals surface area contributed by atoms with Gasteiger partial charge in [-0.3, -0.25) is 0 Å². The molecule has 0 saturated carbocycles. The lowest BCUT2D eigenvalue weighted by Gasteiger charge is -2.31. The molecule has 1 aliphatic rings. The van der Waals surface area contributed by atoms with Crippen LogP contribution in [-0.2, 0) is 17.8 Å². The average molecular weight is 283 g/mol. The number of hydrogen-bond acceptors (Lipinski definition) is 3. The summed E-state index contributed by atoms with van der Waals surface area (Å²) in [7, 11) is 1.68. The van der Waals surface area contributed by atoms with E-state index in [0.29, 0.717) is 6.61 Å². The Balaban J connectivity index is 1.95. The van der Waals surface area contributed by atoms with Gasteiger partial charge in [-0.25, -0.2) is 0 Å². The molecule has 0 amide bonds. The van der Waals surface area contributed by atoms with Crippen molar-refractivity contribution in [3.8, 4) is 0 Å². The van der Waals surface area contributed by atoms with E-state index in [1.165, 1.54) is 11.1 Å². The summed E-state index contributed by atoms with van der Waals surface area (Å²) < 4.78 is 5.24. The highest BCUT2D eigenvalue weighted by Gasteiger charge is 2.28. The van der Waals surface area contributed by atoms with Gasteiger partial charge in [0.25, 0.3) is 0 Å². The number of rotatable bonds is 4. The lowest BCUT2D eigenvalue weighted by Crippen LogP contribution is -2.34. The van der Waals surface area contributed by atoms with E-state index in [1.807, 2.05) is 30.3 Å². The molecular formula is C18H21NO2. The number of ether oxygens (including phenoxy) is 1. The van der Waals surface area contributed by atoms with Gasteiger partial charge in [0, 0.05) is 7.11 Å². The van der Waals surface area contributed by atoms with Crippen LogP contribution in [-0.4, -0.2) is 18.8 Å². The van der Waals surface area contributed by atoms with E-state index >= 15 is 0 Å². The van der Waals surface area contributed by atoms with Gasteiger partial charge >= 0.3 is 0 Å². The molecule has 110 valence electrons. The molecule has 2 unspecified atom stereocenters. The van der Waals surface area contributed by atoms with E-state index < -0.39 is 6.10 Å². The van der Waals surface area contributed by atoms with Crippen LogP contribution in [0.3, 0.4) is 0 Å². The summed E-state index contributed by atoms with van der Waals surface area (Å²) in [5.74, 6) is 0. The minimum absolute atomic E-state index is 0.0621. The van der Waals surface area contributed by atoms with Crippen molar-refractivity contribution in [1.82, 2.24) is 5.32 Å². The van der Waals surface area contributed by atoms with Gasteiger partial charge in [0.1, 0.15) is 0 Å². The summed E-state index contributed by atoms with van der Waals surface area (Å²) in [5, 5.41) is 14.3. The summed E-state index contributed by atoms with van der Waals surface area (Å²) in [4.78, 5) is 0. The number of nitrogens with one attached hydrogen (secondary N) is 1. The van der Waals surface area contributed by atoms with Crippen LogP contribution in [0.2, 0.25) is 0 Å². The zero-order valence-electron chi connectivity index (χ0n) is 12.3. The highest BCUT2D eigenvalue weighted by molar-refractivity contribution is 5.37. The highest BCUT2D eigenvalue weighted by atomic mass is 16.5. The van der Waals surface area contributed by atoms with Gasteiger partial charge in [-0.15, -0.1) is 0 Å². The SMILES string of the molecule is COCc1ccccc1C(O)C1NCCc2ccccc21. The quantitative estimate of drug-likeness (QED) is 0.906. The molecule has 3 heteroatoms. The monoisotopic (exact) mass is 283 g/mol. The molecule has 0 fully saturated rings. The maximum absolute atomic E-state index is 10.9. The third-order valence-electron chi connectivity index (χ3n) is 4.14. The smallest absolute Gasteiger partial charge is 0.0988 e. The highest BCUT2D eigenvalue weighted by Crippen LogP contribution is 2.34. The maximum atomic E-state index is 10.9. The molecule has 2 atom stereocenters. The molecule has 3 nitrogen and oxygen atoms in total. The summed E-state index contributed by atoms with van der Waals surface area (Å²) in [6.45, 7) is 1.41. The normalized spacial score (nSPS) is 19.0. The summed E-state index contributed by atoms with van der Waals surface area (Å²) in [6.07, 6.45) is 0.442. The predicted octanol–water partition coefficient (Wildman–Crippen LogP) is 2.75. The van der Waals surface area contributed by atoms with Gasteiger partial charge in [-0.05, 0) is 35.2 Å². The van der Waals surface area contributed by atoms with Crippen LogP contribution in [0.25, 0.3) is 0 Å². The first-order chi connectivity index (χ1) is 10.3. The zero-order valence-corrected chi connectivity index (χ0v) is 12.3. The second-order valence-corrected chi connectivity index (χ2v) is 5.46. The molecule has 2 aromatic rings. The van der Waals surface area contributed by atoms with E-state index in [-0.39, 0.29) is 6.04 Å².